The number of carbonyl (C=O) groups is 4. The average Bonchev–Trinajstić information content (AvgIpc) is 3.48. The molecule has 1 saturated heterocycles. The van der Waals surface area contributed by atoms with E-state index in [0.29, 0.717) is 19.3 Å². The Labute approximate surface area is 482 Å². The van der Waals surface area contributed by atoms with E-state index >= 15 is 0 Å². The number of carboxylic acid groups (broad SMARTS) is 1. The number of aliphatic hydroxyl groups excluding tert-OH is 2. The van der Waals surface area contributed by atoms with E-state index in [2.05, 4.69) is 57.2 Å². The fourth-order valence-corrected chi connectivity index (χ4v) is 10.1. The summed E-state index contributed by atoms with van der Waals surface area (Å²) in [5.41, 5.74) is 0. The molecular formula is C67H120O12. The number of ether oxygens (including phenoxy) is 5. The van der Waals surface area contributed by atoms with Crippen molar-refractivity contribution >= 4 is 23.9 Å². The Balaban J connectivity index is 2.60. The van der Waals surface area contributed by atoms with Gasteiger partial charge in [0.1, 0.15) is 18.8 Å². The van der Waals surface area contributed by atoms with E-state index in [0.717, 1.165) is 89.9 Å². The fraction of sp³-hybridized carbons (Fsp3) is 0.851. The summed E-state index contributed by atoms with van der Waals surface area (Å²) >= 11 is 0. The van der Waals surface area contributed by atoms with Crippen molar-refractivity contribution in [3.8, 4) is 0 Å². The zero-order valence-corrected chi connectivity index (χ0v) is 50.9. The lowest BCUT2D eigenvalue weighted by Gasteiger charge is -2.40. The lowest BCUT2D eigenvalue weighted by Crippen LogP contribution is -2.61. The average molecular weight is 1120 g/mol. The summed E-state index contributed by atoms with van der Waals surface area (Å²) < 4.78 is 28.5. The van der Waals surface area contributed by atoms with Crippen LogP contribution in [-0.2, 0) is 42.9 Å². The van der Waals surface area contributed by atoms with Crippen LogP contribution in [0.25, 0.3) is 0 Å². The van der Waals surface area contributed by atoms with Crippen LogP contribution in [0.5, 0.6) is 0 Å². The van der Waals surface area contributed by atoms with Gasteiger partial charge in [-0.1, -0.05) is 276 Å². The second kappa shape index (κ2) is 55.5. The summed E-state index contributed by atoms with van der Waals surface area (Å²) in [6.45, 7) is 6.00. The summed E-state index contributed by atoms with van der Waals surface area (Å²) in [5.74, 6) is -3.10. The molecule has 12 nitrogen and oxygen atoms in total. The quantitative estimate of drug-likeness (QED) is 0.0228. The minimum Gasteiger partial charge on any atom is -0.479 e. The van der Waals surface area contributed by atoms with Crippen LogP contribution < -0.4 is 0 Å². The molecule has 1 aliphatic rings. The molecule has 0 saturated carbocycles. The van der Waals surface area contributed by atoms with Gasteiger partial charge in [-0.15, -0.1) is 0 Å². The number of carboxylic acids is 1. The molecule has 0 spiro atoms. The summed E-state index contributed by atoms with van der Waals surface area (Å²) in [6, 6.07) is 0. The molecule has 1 heterocycles. The number of aliphatic hydroxyl groups is 2. The van der Waals surface area contributed by atoms with Crippen LogP contribution in [0, 0.1) is 0 Å². The first-order valence-electron chi connectivity index (χ1n) is 33.0. The van der Waals surface area contributed by atoms with E-state index in [-0.39, 0.29) is 25.9 Å². The minimum absolute atomic E-state index is 0.0658. The molecule has 1 aliphatic heterocycles. The highest BCUT2D eigenvalue weighted by Gasteiger charge is 2.50. The Morgan fingerprint density at radius 2 is 0.759 bits per heavy atom. The highest BCUT2D eigenvalue weighted by atomic mass is 16.7. The van der Waals surface area contributed by atoms with Crippen molar-refractivity contribution in [1.82, 2.24) is 0 Å². The van der Waals surface area contributed by atoms with Crippen molar-refractivity contribution in [2.45, 2.75) is 353 Å². The Hall–Kier alpha value is -3.06. The van der Waals surface area contributed by atoms with Crippen LogP contribution in [0.3, 0.4) is 0 Å². The molecule has 6 unspecified atom stereocenters. The van der Waals surface area contributed by atoms with Crippen LogP contribution in [0.4, 0.5) is 0 Å². The molecule has 0 amide bonds. The highest BCUT2D eigenvalue weighted by molar-refractivity contribution is 5.74. The molecule has 460 valence electrons. The van der Waals surface area contributed by atoms with Crippen LogP contribution in [0.15, 0.2) is 36.5 Å². The van der Waals surface area contributed by atoms with Crippen molar-refractivity contribution < 1.29 is 58.2 Å². The normalized spacial score (nSPS) is 18.0. The van der Waals surface area contributed by atoms with Gasteiger partial charge in [0.2, 0.25) is 0 Å². The molecule has 79 heavy (non-hydrogen) atoms. The molecule has 0 bridgehead atoms. The lowest BCUT2D eigenvalue weighted by molar-refractivity contribution is -0.301. The van der Waals surface area contributed by atoms with Crippen molar-refractivity contribution in [3.05, 3.63) is 36.5 Å². The molecule has 0 radical (unpaired) electrons. The highest BCUT2D eigenvalue weighted by Crippen LogP contribution is 2.27. The van der Waals surface area contributed by atoms with Crippen molar-refractivity contribution in [1.29, 1.82) is 0 Å². The summed E-state index contributed by atoms with van der Waals surface area (Å²) in [5, 5.41) is 31.6. The van der Waals surface area contributed by atoms with Gasteiger partial charge >= 0.3 is 23.9 Å². The van der Waals surface area contributed by atoms with Gasteiger partial charge in [-0.2, -0.15) is 0 Å². The summed E-state index contributed by atoms with van der Waals surface area (Å²) in [6.07, 6.45) is 53.9. The van der Waals surface area contributed by atoms with Crippen LogP contribution in [0.2, 0.25) is 0 Å². The van der Waals surface area contributed by atoms with E-state index in [1.807, 2.05) is 0 Å². The van der Waals surface area contributed by atoms with Crippen LogP contribution in [-0.4, -0.2) is 89.2 Å². The first-order chi connectivity index (χ1) is 38.6. The van der Waals surface area contributed by atoms with Crippen LogP contribution in [0.1, 0.15) is 316 Å². The number of rotatable bonds is 57. The molecule has 0 aromatic rings. The maximum absolute atomic E-state index is 13.1. The summed E-state index contributed by atoms with van der Waals surface area (Å²) in [7, 11) is 0. The van der Waals surface area contributed by atoms with Gasteiger partial charge in [0.05, 0.1) is 6.61 Å². The van der Waals surface area contributed by atoms with E-state index < -0.39 is 67.3 Å². The van der Waals surface area contributed by atoms with Gasteiger partial charge in [-0.25, -0.2) is 4.79 Å². The summed E-state index contributed by atoms with van der Waals surface area (Å²) in [4.78, 5) is 51.3. The third-order valence-corrected chi connectivity index (χ3v) is 15.2. The zero-order chi connectivity index (χ0) is 57.5. The predicted octanol–water partition coefficient (Wildman–Crippen LogP) is 17.6. The second-order valence-electron chi connectivity index (χ2n) is 22.8. The fourth-order valence-electron chi connectivity index (χ4n) is 10.1. The van der Waals surface area contributed by atoms with Crippen molar-refractivity contribution in [2.24, 2.45) is 0 Å². The number of allylic oxidation sites excluding steroid dienone is 6. The Morgan fingerprint density at radius 3 is 1.18 bits per heavy atom. The molecule has 0 aromatic heterocycles. The molecule has 3 N–H and O–H groups in total. The molecule has 0 aromatic carbocycles. The number of hydrogen-bond acceptors (Lipinski definition) is 11. The van der Waals surface area contributed by atoms with Gasteiger partial charge in [0.15, 0.2) is 24.6 Å². The Bertz CT molecular complexity index is 1510. The molecule has 6 atom stereocenters. The molecule has 1 rings (SSSR count). The maximum atomic E-state index is 13.1. The van der Waals surface area contributed by atoms with E-state index in [1.165, 1.54) is 167 Å². The number of aliphatic carboxylic acids is 1. The molecule has 0 aliphatic carbocycles. The van der Waals surface area contributed by atoms with Gasteiger partial charge in [0.25, 0.3) is 0 Å². The zero-order valence-electron chi connectivity index (χ0n) is 50.9. The SMILES string of the molecule is CCCCC/C=C\C/C=C\C/C=C\CCCCCCCCC(=O)OCC(COC1OC(C(=O)O)C(O)C(O)C1OC(=O)CCCCCCCCCCCCCCCCCCCCC)OC(=O)CCCCCCCCCCCCC. The lowest BCUT2D eigenvalue weighted by atomic mass is 9.98. The monoisotopic (exact) mass is 1120 g/mol. The van der Waals surface area contributed by atoms with E-state index in [4.69, 9.17) is 23.7 Å². The topological polar surface area (TPSA) is 175 Å². The van der Waals surface area contributed by atoms with Crippen molar-refractivity contribution in [3.63, 3.8) is 0 Å². The smallest absolute Gasteiger partial charge is 0.335 e. The standard InChI is InChI=1S/C67H120O12/c1-4-7-10-13-16-19-22-24-26-28-30-32-34-36-39-41-44-47-50-53-59(68)75-56-58(77-60(69)54-51-48-45-42-38-21-18-15-12-9-6-3)57-76-67-65(63(72)62(71)64(79-67)66(73)74)78-61(70)55-52-49-46-43-40-37-35-33-31-29-27-25-23-20-17-14-11-8-5-2/h16,19,24,26,30,32,58,62-65,67,71-72H,4-15,17-18,20-23,25,27-29,31,33-57H2,1-3H3,(H,73,74)/b19-16-,26-24-,32-30-. The van der Waals surface area contributed by atoms with Crippen LogP contribution >= 0.6 is 0 Å². The largest absolute Gasteiger partial charge is 0.479 e. The third kappa shape index (κ3) is 45.2. The van der Waals surface area contributed by atoms with Crippen molar-refractivity contribution in [2.75, 3.05) is 13.2 Å². The minimum atomic E-state index is -1.90. The third-order valence-electron chi connectivity index (χ3n) is 15.2. The van der Waals surface area contributed by atoms with E-state index in [9.17, 15) is 34.5 Å². The number of hydrogen-bond donors (Lipinski definition) is 3. The first kappa shape index (κ1) is 74.0. The molecule has 1 fully saturated rings. The van der Waals surface area contributed by atoms with Gasteiger partial charge < -0.3 is 39.0 Å². The second-order valence-corrected chi connectivity index (χ2v) is 22.8. The van der Waals surface area contributed by atoms with Gasteiger partial charge in [-0.3, -0.25) is 14.4 Å². The number of unbranched alkanes of at least 4 members (excludes halogenated alkanes) is 37. The Kier molecular flexibility index (Phi) is 51.9. The molecule has 12 heteroatoms. The first-order valence-corrected chi connectivity index (χ1v) is 33.0. The Morgan fingerprint density at radius 1 is 0.418 bits per heavy atom. The number of esters is 3. The predicted molar refractivity (Wildman–Crippen MR) is 322 cm³/mol. The molecular weight excluding hydrogens is 997 g/mol. The maximum Gasteiger partial charge on any atom is 0.335 e. The van der Waals surface area contributed by atoms with Gasteiger partial charge in [-0.05, 0) is 57.8 Å². The van der Waals surface area contributed by atoms with E-state index in [1.54, 1.807) is 0 Å². The van der Waals surface area contributed by atoms with Gasteiger partial charge in [0, 0.05) is 19.3 Å². The number of carbonyl (C=O) groups excluding carboxylic acids is 3.